The van der Waals surface area contributed by atoms with Crippen molar-refractivity contribution in [2.24, 2.45) is 0 Å². The van der Waals surface area contributed by atoms with E-state index in [1.54, 1.807) is 0 Å². The summed E-state index contributed by atoms with van der Waals surface area (Å²) in [4.78, 5) is 17.4. The quantitative estimate of drug-likeness (QED) is 0.841. The second kappa shape index (κ2) is 5.74. The minimum absolute atomic E-state index is 0.257. The minimum Gasteiger partial charge on any atom is -0.314 e. The first-order valence-electron chi connectivity index (χ1n) is 6.37. The fraction of sp³-hybridized carbons (Fsp3) is 0.692. The Labute approximate surface area is 107 Å². The Balaban J connectivity index is 1.98. The summed E-state index contributed by atoms with van der Waals surface area (Å²) >= 11 is 1.53. The van der Waals surface area contributed by atoms with Crippen LogP contribution in [0.25, 0.3) is 0 Å². The zero-order valence-electron chi connectivity index (χ0n) is 10.6. The van der Waals surface area contributed by atoms with Crippen molar-refractivity contribution in [2.45, 2.75) is 52.0 Å². The molecule has 2 heterocycles. The van der Waals surface area contributed by atoms with E-state index in [9.17, 15) is 4.79 Å². The number of ketones is 1. The Hall–Kier alpha value is -0.740. The lowest BCUT2D eigenvalue weighted by Gasteiger charge is -2.14. The smallest absolute Gasteiger partial charge is 0.176 e. The van der Waals surface area contributed by atoms with Gasteiger partial charge in [0.2, 0.25) is 0 Å². The highest BCUT2D eigenvalue weighted by Crippen LogP contribution is 2.21. The number of aromatic nitrogens is 1. The van der Waals surface area contributed by atoms with Crippen molar-refractivity contribution in [3.63, 3.8) is 0 Å². The molecule has 94 valence electrons. The fourth-order valence-corrected chi connectivity index (χ4v) is 3.25. The van der Waals surface area contributed by atoms with Gasteiger partial charge in [0.05, 0.1) is 15.6 Å². The van der Waals surface area contributed by atoms with Gasteiger partial charge in [-0.2, -0.15) is 0 Å². The minimum atomic E-state index is 0.257. The Morgan fingerprint density at radius 1 is 1.41 bits per heavy atom. The molecule has 1 aliphatic heterocycles. The van der Waals surface area contributed by atoms with Gasteiger partial charge in [-0.1, -0.05) is 12.8 Å². The van der Waals surface area contributed by atoms with Crippen LogP contribution in [-0.4, -0.2) is 23.4 Å². The summed E-state index contributed by atoms with van der Waals surface area (Å²) in [7, 11) is 0. The number of nitrogens with zero attached hydrogens (tertiary/aromatic N) is 1. The van der Waals surface area contributed by atoms with Gasteiger partial charge in [0.15, 0.2) is 5.78 Å². The van der Waals surface area contributed by atoms with Crippen molar-refractivity contribution in [2.75, 3.05) is 6.54 Å². The highest BCUT2D eigenvalue weighted by atomic mass is 32.1. The van der Waals surface area contributed by atoms with E-state index in [4.69, 9.17) is 0 Å². The van der Waals surface area contributed by atoms with Crippen LogP contribution in [0.4, 0.5) is 0 Å². The second-order valence-corrected chi connectivity index (χ2v) is 5.98. The zero-order valence-corrected chi connectivity index (χ0v) is 11.4. The molecule has 2 rings (SSSR count). The lowest BCUT2D eigenvalue weighted by atomic mass is 10.0. The van der Waals surface area contributed by atoms with Gasteiger partial charge in [-0.3, -0.25) is 4.79 Å². The number of hydrogen-bond donors (Lipinski definition) is 1. The molecule has 1 fully saturated rings. The van der Waals surface area contributed by atoms with E-state index in [0.717, 1.165) is 28.5 Å². The summed E-state index contributed by atoms with van der Waals surface area (Å²) < 4.78 is 0. The van der Waals surface area contributed by atoms with Crippen molar-refractivity contribution in [1.82, 2.24) is 10.3 Å². The molecule has 0 aromatic carbocycles. The van der Waals surface area contributed by atoms with Crippen molar-refractivity contribution >= 4 is 17.1 Å². The summed E-state index contributed by atoms with van der Waals surface area (Å²) in [6.07, 6.45) is 5.52. The zero-order chi connectivity index (χ0) is 12.3. The normalized spacial score (nSPS) is 21.2. The molecule has 4 heteroatoms. The van der Waals surface area contributed by atoms with E-state index in [2.05, 4.69) is 10.3 Å². The molecule has 1 aromatic rings. The van der Waals surface area contributed by atoms with Crippen LogP contribution in [0, 0.1) is 13.8 Å². The van der Waals surface area contributed by atoms with Gasteiger partial charge in [0, 0.05) is 12.5 Å². The molecule has 3 nitrogen and oxygen atoms in total. The Bertz CT molecular complexity index is 392. The first kappa shape index (κ1) is 12.7. The maximum absolute atomic E-state index is 12.2. The van der Waals surface area contributed by atoms with E-state index in [1.807, 2.05) is 13.8 Å². The summed E-state index contributed by atoms with van der Waals surface area (Å²) in [6, 6.07) is 0.367. The summed E-state index contributed by atoms with van der Waals surface area (Å²) in [5.74, 6) is 0.257. The highest BCUT2D eigenvalue weighted by Gasteiger charge is 2.19. The van der Waals surface area contributed by atoms with Crippen LogP contribution in [0.3, 0.4) is 0 Å². The second-order valence-electron chi connectivity index (χ2n) is 4.78. The number of carbonyl (C=O) groups is 1. The van der Waals surface area contributed by atoms with Crippen molar-refractivity contribution in [1.29, 1.82) is 0 Å². The number of carbonyl (C=O) groups excluding carboxylic acids is 1. The van der Waals surface area contributed by atoms with Crippen molar-refractivity contribution < 1.29 is 4.79 Å². The van der Waals surface area contributed by atoms with E-state index in [1.165, 1.54) is 30.6 Å². The molecule has 0 amide bonds. The van der Waals surface area contributed by atoms with Gasteiger partial charge < -0.3 is 5.32 Å². The molecule has 0 spiro atoms. The largest absolute Gasteiger partial charge is 0.314 e. The van der Waals surface area contributed by atoms with E-state index >= 15 is 0 Å². The monoisotopic (exact) mass is 252 g/mol. The van der Waals surface area contributed by atoms with E-state index in [0.29, 0.717) is 12.5 Å². The summed E-state index contributed by atoms with van der Waals surface area (Å²) in [6.45, 7) is 4.94. The fourth-order valence-electron chi connectivity index (χ4n) is 2.38. The van der Waals surface area contributed by atoms with E-state index < -0.39 is 0 Å². The maximum atomic E-state index is 12.2. The lowest BCUT2D eigenvalue weighted by molar-refractivity contribution is 0.0971. The summed E-state index contributed by atoms with van der Waals surface area (Å²) in [5.41, 5.74) is 0.895. The van der Waals surface area contributed by atoms with Crippen molar-refractivity contribution in [3.05, 3.63) is 15.6 Å². The van der Waals surface area contributed by atoms with Gasteiger partial charge in [0.25, 0.3) is 0 Å². The average molecular weight is 252 g/mol. The Morgan fingerprint density at radius 2 is 2.24 bits per heavy atom. The maximum Gasteiger partial charge on any atom is 0.176 e. The van der Waals surface area contributed by atoms with Gasteiger partial charge in [-0.15, -0.1) is 11.3 Å². The average Bonchev–Trinajstić information content (AvgIpc) is 2.51. The molecule has 1 aliphatic rings. The Morgan fingerprint density at radius 3 is 2.94 bits per heavy atom. The molecule has 1 unspecified atom stereocenters. The number of rotatable bonds is 3. The molecule has 0 radical (unpaired) electrons. The molecule has 0 aliphatic carbocycles. The third kappa shape index (κ3) is 3.36. The van der Waals surface area contributed by atoms with Crippen LogP contribution in [0.1, 0.15) is 52.5 Å². The van der Waals surface area contributed by atoms with Crippen LogP contribution in [0.5, 0.6) is 0 Å². The van der Waals surface area contributed by atoms with Gasteiger partial charge in [0.1, 0.15) is 0 Å². The topological polar surface area (TPSA) is 42.0 Å². The number of Topliss-reactive ketones (excluding diaryl/α,β-unsaturated/α-hetero) is 1. The van der Waals surface area contributed by atoms with Crippen molar-refractivity contribution in [3.8, 4) is 0 Å². The predicted molar refractivity (Wildman–Crippen MR) is 70.8 cm³/mol. The third-order valence-corrected chi connectivity index (χ3v) is 4.36. The SMILES string of the molecule is Cc1nc(C)c(C(=O)CC2CCCCCN2)s1. The highest BCUT2D eigenvalue weighted by molar-refractivity contribution is 7.13. The molecule has 17 heavy (non-hydrogen) atoms. The van der Waals surface area contributed by atoms with Gasteiger partial charge >= 0.3 is 0 Å². The first-order chi connectivity index (χ1) is 8.16. The molecule has 1 N–H and O–H groups in total. The summed E-state index contributed by atoms with van der Waals surface area (Å²) in [5, 5.41) is 4.46. The molecule has 1 saturated heterocycles. The predicted octanol–water partition coefficient (Wildman–Crippen LogP) is 2.86. The molecular formula is C13H20N2OS. The van der Waals surface area contributed by atoms with Crippen LogP contribution < -0.4 is 5.32 Å². The number of aryl methyl sites for hydroxylation is 2. The van der Waals surface area contributed by atoms with E-state index in [-0.39, 0.29) is 5.78 Å². The lowest BCUT2D eigenvalue weighted by Crippen LogP contribution is -2.30. The number of nitrogens with one attached hydrogen (secondary N) is 1. The molecule has 0 saturated carbocycles. The molecule has 0 bridgehead atoms. The molecule has 1 aromatic heterocycles. The number of hydrogen-bond acceptors (Lipinski definition) is 4. The Kier molecular flexibility index (Phi) is 4.29. The first-order valence-corrected chi connectivity index (χ1v) is 7.19. The third-order valence-electron chi connectivity index (χ3n) is 3.25. The van der Waals surface area contributed by atoms with Gasteiger partial charge in [-0.25, -0.2) is 4.98 Å². The van der Waals surface area contributed by atoms with Crippen LogP contribution in [0.15, 0.2) is 0 Å². The molecule has 1 atom stereocenters. The van der Waals surface area contributed by atoms with Crippen LogP contribution in [0.2, 0.25) is 0 Å². The van der Waals surface area contributed by atoms with Crippen LogP contribution in [-0.2, 0) is 0 Å². The van der Waals surface area contributed by atoms with Gasteiger partial charge in [-0.05, 0) is 33.2 Å². The van der Waals surface area contributed by atoms with Crippen LogP contribution >= 0.6 is 11.3 Å². The number of thiazole rings is 1. The standard InChI is InChI=1S/C13H20N2OS/c1-9-13(17-10(2)15-9)12(16)8-11-6-4-3-5-7-14-11/h11,14H,3-8H2,1-2H3. The molecular weight excluding hydrogens is 232 g/mol.